The first kappa shape index (κ1) is 21.1. The standard InChI is InChI=1S/C12H14FNO.C6H13NO.H2/c1-2-10-4-3-5-11(7-6-10)12(15)14-9-8-13;1-4-5-6(8)7(2)3;/h1,3-6,12,14-15H,7-9H2;4-5H2,1-3H3;1H. The summed E-state index contributed by atoms with van der Waals surface area (Å²) >= 11 is 0. The van der Waals surface area contributed by atoms with Gasteiger partial charge >= 0.3 is 0 Å². The molecule has 23 heavy (non-hydrogen) atoms. The summed E-state index contributed by atoms with van der Waals surface area (Å²) in [4.78, 5) is 12.3. The van der Waals surface area contributed by atoms with E-state index in [-0.39, 0.29) is 13.9 Å². The SMILES string of the molecule is C#CC1=CCC(C(O)NCCF)=CC=C1.CCCC(=O)N(C)C.[HH]. The van der Waals surface area contributed by atoms with Gasteiger partial charge < -0.3 is 10.0 Å². The van der Waals surface area contributed by atoms with Gasteiger partial charge in [0.05, 0.1) is 0 Å². The smallest absolute Gasteiger partial charge is 0.222 e. The van der Waals surface area contributed by atoms with Crippen LogP contribution in [0.15, 0.2) is 35.5 Å². The summed E-state index contributed by atoms with van der Waals surface area (Å²) in [7, 11) is 3.55. The van der Waals surface area contributed by atoms with Crippen LogP contribution < -0.4 is 5.32 Å². The molecule has 0 spiro atoms. The van der Waals surface area contributed by atoms with Crippen molar-refractivity contribution in [1.29, 1.82) is 0 Å². The van der Waals surface area contributed by atoms with E-state index in [4.69, 9.17) is 6.42 Å². The Morgan fingerprint density at radius 1 is 1.61 bits per heavy atom. The van der Waals surface area contributed by atoms with Crippen LogP contribution in [0.5, 0.6) is 0 Å². The van der Waals surface area contributed by atoms with Crippen molar-refractivity contribution >= 4 is 5.91 Å². The number of amides is 1. The van der Waals surface area contributed by atoms with E-state index >= 15 is 0 Å². The molecule has 0 heterocycles. The van der Waals surface area contributed by atoms with Crippen LogP contribution in [-0.2, 0) is 4.79 Å². The van der Waals surface area contributed by atoms with Crippen LogP contribution in [0.2, 0.25) is 0 Å². The number of hydrogen-bond donors (Lipinski definition) is 2. The van der Waals surface area contributed by atoms with Gasteiger partial charge in [-0.2, -0.15) is 0 Å². The minimum absolute atomic E-state index is 0. The highest BCUT2D eigenvalue weighted by atomic mass is 19.1. The Bertz CT molecular complexity index is 494. The summed E-state index contributed by atoms with van der Waals surface area (Å²) in [5.41, 5.74) is 1.57. The second kappa shape index (κ2) is 12.6. The van der Waals surface area contributed by atoms with E-state index in [2.05, 4.69) is 11.2 Å². The minimum Gasteiger partial charge on any atom is -0.375 e. The van der Waals surface area contributed by atoms with Gasteiger partial charge in [-0.15, -0.1) is 6.42 Å². The molecule has 0 radical (unpaired) electrons. The Hall–Kier alpha value is -1.90. The maximum absolute atomic E-state index is 11.9. The summed E-state index contributed by atoms with van der Waals surface area (Å²) in [6.45, 7) is 1.65. The second-order valence-electron chi connectivity index (χ2n) is 5.19. The molecule has 5 heteroatoms. The second-order valence-corrected chi connectivity index (χ2v) is 5.19. The average Bonchev–Trinajstić information content (AvgIpc) is 2.79. The molecule has 0 aliphatic heterocycles. The van der Waals surface area contributed by atoms with Gasteiger partial charge in [0.15, 0.2) is 0 Å². The molecule has 130 valence electrons. The van der Waals surface area contributed by atoms with E-state index in [9.17, 15) is 14.3 Å². The Kier molecular flexibility index (Phi) is 11.6. The van der Waals surface area contributed by atoms with Crippen molar-refractivity contribution in [3.05, 3.63) is 35.5 Å². The van der Waals surface area contributed by atoms with Crippen LogP contribution in [0.4, 0.5) is 4.39 Å². The molecule has 2 N–H and O–H groups in total. The molecule has 0 saturated heterocycles. The fourth-order valence-corrected chi connectivity index (χ4v) is 1.71. The average molecular weight is 324 g/mol. The van der Waals surface area contributed by atoms with Gasteiger partial charge in [0.25, 0.3) is 0 Å². The zero-order chi connectivity index (χ0) is 17.7. The van der Waals surface area contributed by atoms with Crippen LogP contribution in [0, 0.1) is 12.3 Å². The van der Waals surface area contributed by atoms with Crippen molar-refractivity contribution in [2.45, 2.75) is 32.4 Å². The number of nitrogens with zero attached hydrogens (tertiary/aromatic N) is 1. The van der Waals surface area contributed by atoms with E-state index in [1.54, 1.807) is 37.2 Å². The topological polar surface area (TPSA) is 52.6 Å². The fraction of sp³-hybridized carbons (Fsp3) is 0.500. The highest BCUT2D eigenvalue weighted by Gasteiger charge is 2.09. The number of aliphatic hydroxyl groups is 1. The first-order valence-electron chi connectivity index (χ1n) is 7.67. The van der Waals surface area contributed by atoms with Crippen molar-refractivity contribution in [2.75, 3.05) is 27.3 Å². The van der Waals surface area contributed by atoms with Crippen molar-refractivity contribution in [1.82, 2.24) is 10.2 Å². The molecule has 1 amide bonds. The number of rotatable bonds is 6. The number of nitrogens with one attached hydrogen (secondary N) is 1. The molecule has 0 aromatic heterocycles. The molecular formula is C18H29FN2O2. The van der Waals surface area contributed by atoms with Crippen LogP contribution in [0.25, 0.3) is 0 Å². The molecule has 1 atom stereocenters. The molecule has 0 fully saturated rings. The third-order valence-electron chi connectivity index (χ3n) is 3.06. The highest BCUT2D eigenvalue weighted by molar-refractivity contribution is 5.75. The number of allylic oxidation sites excluding steroid dienone is 5. The largest absolute Gasteiger partial charge is 0.375 e. The number of carbonyl (C=O) groups is 1. The van der Waals surface area contributed by atoms with E-state index in [1.165, 1.54) is 0 Å². The number of hydrogen-bond acceptors (Lipinski definition) is 3. The van der Waals surface area contributed by atoms with Gasteiger partial charge in [0, 0.05) is 34.1 Å². The Morgan fingerprint density at radius 3 is 2.78 bits per heavy atom. The molecule has 0 saturated carbocycles. The summed E-state index contributed by atoms with van der Waals surface area (Å²) in [6.07, 6.45) is 13.9. The van der Waals surface area contributed by atoms with Gasteiger partial charge in [0.2, 0.25) is 5.91 Å². The van der Waals surface area contributed by atoms with Gasteiger partial charge in [-0.1, -0.05) is 31.1 Å². The number of halogens is 1. The summed E-state index contributed by atoms with van der Waals surface area (Å²) in [5.74, 6) is 2.74. The number of alkyl halides is 1. The Balaban J connectivity index is 0. The summed E-state index contributed by atoms with van der Waals surface area (Å²) < 4.78 is 11.9. The Labute approximate surface area is 140 Å². The summed E-state index contributed by atoms with van der Waals surface area (Å²) in [5, 5.41) is 12.3. The van der Waals surface area contributed by atoms with Crippen LogP contribution in [-0.4, -0.2) is 49.5 Å². The van der Waals surface area contributed by atoms with Crippen molar-refractivity contribution in [3.8, 4) is 12.3 Å². The van der Waals surface area contributed by atoms with E-state index < -0.39 is 12.9 Å². The molecule has 0 bridgehead atoms. The molecule has 1 aliphatic rings. The van der Waals surface area contributed by atoms with Crippen molar-refractivity contribution in [3.63, 3.8) is 0 Å². The zero-order valence-electron chi connectivity index (χ0n) is 14.2. The Morgan fingerprint density at radius 2 is 2.30 bits per heavy atom. The molecule has 1 unspecified atom stereocenters. The first-order chi connectivity index (χ1) is 11.0. The van der Waals surface area contributed by atoms with E-state index in [1.807, 2.05) is 13.0 Å². The fourth-order valence-electron chi connectivity index (χ4n) is 1.71. The predicted molar refractivity (Wildman–Crippen MR) is 94.5 cm³/mol. The first-order valence-corrected chi connectivity index (χ1v) is 7.67. The lowest BCUT2D eigenvalue weighted by Crippen LogP contribution is -2.32. The third-order valence-corrected chi connectivity index (χ3v) is 3.06. The number of aliphatic hydroxyl groups excluding tert-OH is 1. The van der Waals surface area contributed by atoms with Crippen molar-refractivity contribution in [2.24, 2.45) is 0 Å². The van der Waals surface area contributed by atoms with Gasteiger partial charge in [-0.05, 0) is 24.5 Å². The van der Waals surface area contributed by atoms with E-state index in [0.717, 1.165) is 17.6 Å². The maximum Gasteiger partial charge on any atom is 0.222 e. The lowest BCUT2D eigenvalue weighted by molar-refractivity contribution is -0.128. The quantitative estimate of drug-likeness (QED) is 0.583. The van der Waals surface area contributed by atoms with Gasteiger partial charge in [-0.25, -0.2) is 4.39 Å². The molecule has 1 rings (SSSR count). The van der Waals surface area contributed by atoms with Crippen LogP contribution in [0.3, 0.4) is 0 Å². The zero-order valence-corrected chi connectivity index (χ0v) is 14.2. The molecule has 0 aromatic rings. The normalized spacial score (nSPS) is 14.4. The van der Waals surface area contributed by atoms with Crippen LogP contribution >= 0.6 is 0 Å². The predicted octanol–water partition coefficient (Wildman–Crippen LogP) is 2.43. The lowest BCUT2D eigenvalue weighted by atomic mass is 10.1. The number of terminal acetylenes is 1. The van der Waals surface area contributed by atoms with Crippen molar-refractivity contribution < 1.29 is 15.7 Å². The molecular weight excluding hydrogens is 295 g/mol. The van der Waals surface area contributed by atoms with Gasteiger partial charge in [-0.3, -0.25) is 10.1 Å². The molecule has 4 nitrogen and oxygen atoms in total. The highest BCUT2D eigenvalue weighted by Crippen LogP contribution is 2.13. The summed E-state index contributed by atoms with van der Waals surface area (Å²) in [6, 6.07) is 0. The third kappa shape index (κ3) is 9.67. The van der Waals surface area contributed by atoms with E-state index in [0.29, 0.717) is 12.8 Å². The minimum atomic E-state index is -0.807. The van der Waals surface area contributed by atoms with Crippen LogP contribution in [0.1, 0.15) is 27.6 Å². The molecule has 0 aromatic carbocycles. The maximum atomic E-state index is 11.9. The lowest BCUT2D eigenvalue weighted by Gasteiger charge is -2.13. The monoisotopic (exact) mass is 324 g/mol. The number of carbonyl (C=O) groups excluding carboxylic acids is 1. The van der Waals surface area contributed by atoms with Gasteiger partial charge in [0.1, 0.15) is 12.9 Å². The molecule has 1 aliphatic carbocycles.